The summed E-state index contributed by atoms with van der Waals surface area (Å²) in [4.78, 5) is 12.5. The summed E-state index contributed by atoms with van der Waals surface area (Å²) in [6.07, 6.45) is 0.775. The highest BCUT2D eigenvalue weighted by Gasteiger charge is 2.23. The van der Waals surface area contributed by atoms with Crippen LogP contribution in [0.25, 0.3) is 0 Å². The van der Waals surface area contributed by atoms with Gasteiger partial charge in [-0.15, -0.1) is 0 Å². The van der Waals surface area contributed by atoms with Crippen molar-refractivity contribution in [2.24, 2.45) is 0 Å². The van der Waals surface area contributed by atoms with Gasteiger partial charge in [0.05, 0.1) is 19.3 Å². The maximum Gasteiger partial charge on any atom is 0.387 e. The summed E-state index contributed by atoms with van der Waals surface area (Å²) in [5.41, 5.74) is 0.836. The zero-order valence-electron chi connectivity index (χ0n) is 9.59. The lowest BCUT2D eigenvalue weighted by atomic mass is 10.1. The minimum atomic E-state index is -2.83. The van der Waals surface area contributed by atoms with Crippen molar-refractivity contribution in [3.8, 4) is 5.75 Å². The number of carbonyl (C=O) groups is 1. The summed E-state index contributed by atoms with van der Waals surface area (Å²) in [7, 11) is 0. The maximum absolute atomic E-state index is 12.0. The third-order valence-electron chi connectivity index (χ3n) is 2.80. The minimum absolute atomic E-state index is 0.100. The minimum Gasteiger partial charge on any atom is -0.435 e. The number of carbonyl (C=O) groups excluding carboxylic acids is 1. The van der Waals surface area contributed by atoms with Crippen LogP contribution in [-0.4, -0.2) is 37.7 Å². The third kappa shape index (κ3) is 2.95. The first-order valence-electron chi connectivity index (χ1n) is 5.54. The van der Waals surface area contributed by atoms with Crippen LogP contribution in [0.3, 0.4) is 0 Å². The average Bonchev–Trinajstić information content (AvgIpc) is 2.39. The second kappa shape index (κ2) is 5.77. The summed E-state index contributed by atoms with van der Waals surface area (Å²) in [5, 5.41) is 0. The molecule has 1 fully saturated rings. The van der Waals surface area contributed by atoms with Gasteiger partial charge in [0.1, 0.15) is 5.75 Å². The topological polar surface area (TPSA) is 38.8 Å². The zero-order valence-corrected chi connectivity index (χ0v) is 9.59. The van der Waals surface area contributed by atoms with Gasteiger partial charge in [-0.1, -0.05) is 12.1 Å². The molecule has 0 unspecified atom stereocenters. The van der Waals surface area contributed by atoms with E-state index in [0.29, 0.717) is 19.8 Å². The van der Waals surface area contributed by atoms with Gasteiger partial charge in [0.15, 0.2) is 0 Å². The van der Waals surface area contributed by atoms with E-state index in [1.807, 2.05) is 0 Å². The van der Waals surface area contributed by atoms with E-state index in [-0.39, 0.29) is 11.8 Å². The van der Waals surface area contributed by atoms with Crippen LogP contribution in [0.1, 0.15) is 11.6 Å². The molecule has 6 heteroatoms. The Bertz CT molecular complexity index is 397. The van der Waals surface area contributed by atoms with Crippen LogP contribution >= 0.6 is 0 Å². The Morgan fingerprint density at radius 1 is 1.39 bits per heavy atom. The summed E-state index contributed by atoms with van der Waals surface area (Å²) < 4.78 is 33.6. The number of rotatable bonds is 4. The molecule has 1 saturated heterocycles. The molecule has 0 spiro atoms. The molecule has 4 nitrogen and oxygen atoms in total. The molecule has 1 atom stereocenters. The lowest BCUT2D eigenvalue weighted by Crippen LogP contribution is -2.38. The van der Waals surface area contributed by atoms with Crippen molar-refractivity contribution in [2.75, 3.05) is 19.8 Å². The summed E-state index contributed by atoms with van der Waals surface area (Å²) in [6, 6.07) is 6.07. The van der Waals surface area contributed by atoms with Gasteiger partial charge in [-0.05, 0) is 17.7 Å². The van der Waals surface area contributed by atoms with Crippen LogP contribution in [0.15, 0.2) is 24.3 Å². The Balaban J connectivity index is 2.10. The van der Waals surface area contributed by atoms with Crippen LogP contribution in [0.4, 0.5) is 8.78 Å². The lowest BCUT2D eigenvalue weighted by molar-refractivity contribution is -0.126. The summed E-state index contributed by atoms with van der Waals surface area (Å²) >= 11 is 0. The van der Waals surface area contributed by atoms with Gasteiger partial charge in [0.2, 0.25) is 6.41 Å². The Hall–Kier alpha value is -1.69. The van der Waals surface area contributed by atoms with Crippen LogP contribution in [0.2, 0.25) is 0 Å². The third-order valence-corrected chi connectivity index (χ3v) is 2.80. The molecular weight excluding hydrogens is 244 g/mol. The average molecular weight is 257 g/mol. The zero-order chi connectivity index (χ0) is 13.0. The van der Waals surface area contributed by atoms with Crippen LogP contribution in [-0.2, 0) is 9.53 Å². The molecule has 0 saturated carbocycles. The van der Waals surface area contributed by atoms with Crippen molar-refractivity contribution < 1.29 is 23.0 Å². The molecule has 1 amide bonds. The van der Waals surface area contributed by atoms with Gasteiger partial charge >= 0.3 is 6.61 Å². The summed E-state index contributed by atoms with van der Waals surface area (Å²) in [6.45, 7) is -1.38. The van der Waals surface area contributed by atoms with Gasteiger partial charge in [0, 0.05) is 6.54 Å². The largest absolute Gasteiger partial charge is 0.435 e. The molecule has 0 aliphatic carbocycles. The first kappa shape index (κ1) is 12.8. The van der Waals surface area contributed by atoms with Gasteiger partial charge < -0.3 is 14.4 Å². The van der Waals surface area contributed by atoms with E-state index in [1.165, 1.54) is 12.1 Å². The standard InChI is InChI=1S/C12H13F2NO3/c13-12(14)18-10-3-1-9(2-4-10)11-7-17-6-5-15(11)8-16/h1-4,8,11-12H,5-7H2/t11-/m1/s1. The smallest absolute Gasteiger partial charge is 0.387 e. The quantitative estimate of drug-likeness (QED) is 0.772. The number of amides is 1. The number of halogens is 2. The Labute approximate surface area is 103 Å². The molecule has 0 radical (unpaired) electrons. The Kier molecular flexibility index (Phi) is 4.09. The summed E-state index contributed by atoms with van der Waals surface area (Å²) in [5.74, 6) is 0.100. The molecule has 0 N–H and O–H groups in total. The SMILES string of the molecule is O=CN1CCOC[C@@H]1c1ccc(OC(F)F)cc1. The maximum atomic E-state index is 12.0. The first-order valence-corrected chi connectivity index (χ1v) is 5.54. The fourth-order valence-electron chi connectivity index (χ4n) is 1.90. The second-order valence-electron chi connectivity index (χ2n) is 3.88. The van der Waals surface area contributed by atoms with Crippen LogP contribution in [0, 0.1) is 0 Å². The van der Waals surface area contributed by atoms with Gasteiger partial charge in [-0.2, -0.15) is 8.78 Å². The molecule has 2 rings (SSSR count). The number of ether oxygens (including phenoxy) is 2. The van der Waals surface area contributed by atoms with E-state index in [0.717, 1.165) is 12.0 Å². The second-order valence-corrected chi connectivity index (χ2v) is 3.88. The van der Waals surface area contributed by atoms with Crippen molar-refractivity contribution in [1.29, 1.82) is 0 Å². The van der Waals surface area contributed by atoms with E-state index >= 15 is 0 Å². The van der Waals surface area contributed by atoms with E-state index < -0.39 is 6.61 Å². The monoisotopic (exact) mass is 257 g/mol. The van der Waals surface area contributed by atoms with E-state index in [9.17, 15) is 13.6 Å². The Morgan fingerprint density at radius 2 is 2.11 bits per heavy atom. The molecule has 18 heavy (non-hydrogen) atoms. The van der Waals surface area contributed by atoms with Crippen molar-refractivity contribution in [3.63, 3.8) is 0 Å². The molecule has 98 valence electrons. The van der Waals surface area contributed by atoms with Crippen LogP contribution in [0.5, 0.6) is 5.75 Å². The number of nitrogens with zero attached hydrogens (tertiary/aromatic N) is 1. The molecule has 0 bridgehead atoms. The molecule has 1 aromatic carbocycles. The number of hydrogen-bond donors (Lipinski definition) is 0. The normalized spacial score (nSPS) is 19.9. The number of alkyl halides is 2. The van der Waals surface area contributed by atoms with E-state index in [4.69, 9.17) is 4.74 Å². The highest BCUT2D eigenvalue weighted by Crippen LogP contribution is 2.25. The van der Waals surface area contributed by atoms with Gasteiger partial charge in [-0.3, -0.25) is 4.79 Å². The predicted molar refractivity (Wildman–Crippen MR) is 59.4 cm³/mol. The fraction of sp³-hybridized carbons (Fsp3) is 0.417. The fourth-order valence-corrected chi connectivity index (χ4v) is 1.90. The molecule has 1 aliphatic rings. The highest BCUT2D eigenvalue weighted by atomic mass is 19.3. The van der Waals surface area contributed by atoms with E-state index in [2.05, 4.69) is 4.74 Å². The van der Waals surface area contributed by atoms with Crippen molar-refractivity contribution in [1.82, 2.24) is 4.90 Å². The molecular formula is C12H13F2NO3. The Morgan fingerprint density at radius 3 is 2.72 bits per heavy atom. The first-order chi connectivity index (χ1) is 8.70. The molecule has 0 aromatic heterocycles. The van der Waals surface area contributed by atoms with Gasteiger partial charge in [0.25, 0.3) is 0 Å². The number of morpholine rings is 1. The molecule has 1 aromatic rings. The highest BCUT2D eigenvalue weighted by molar-refractivity contribution is 5.49. The van der Waals surface area contributed by atoms with Gasteiger partial charge in [-0.25, -0.2) is 0 Å². The molecule has 1 heterocycles. The molecule has 1 aliphatic heterocycles. The lowest BCUT2D eigenvalue weighted by Gasteiger charge is -2.32. The number of benzene rings is 1. The van der Waals surface area contributed by atoms with Crippen LogP contribution < -0.4 is 4.74 Å². The predicted octanol–water partition coefficient (Wildman–Crippen LogP) is 1.82. The van der Waals surface area contributed by atoms with Crippen molar-refractivity contribution in [2.45, 2.75) is 12.7 Å². The number of hydrogen-bond acceptors (Lipinski definition) is 3. The van der Waals surface area contributed by atoms with Crippen molar-refractivity contribution in [3.05, 3.63) is 29.8 Å². The van der Waals surface area contributed by atoms with E-state index in [1.54, 1.807) is 17.0 Å². The van der Waals surface area contributed by atoms with Crippen molar-refractivity contribution >= 4 is 6.41 Å².